The van der Waals surface area contributed by atoms with Gasteiger partial charge in [0, 0.05) is 12.5 Å². The zero-order valence-corrected chi connectivity index (χ0v) is 11.4. The van der Waals surface area contributed by atoms with Crippen molar-refractivity contribution < 1.29 is 32.6 Å². The first-order valence-electron chi connectivity index (χ1n) is 6.52. The highest BCUT2D eigenvalue weighted by atomic mass is 19.4. The van der Waals surface area contributed by atoms with Crippen LogP contribution in [0.4, 0.5) is 18.0 Å². The minimum atomic E-state index is -4.83. The molecule has 1 amide bonds. The predicted molar refractivity (Wildman–Crippen MR) is 68.9 cm³/mol. The van der Waals surface area contributed by atoms with Gasteiger partial charge in [-0.05, 0) is 12.0 Å². The fraction of sp³-hybridized carbons (Fsp3) is 0.429. The molecule has 2 rings (SSSR count). The number of alkyl halides is 3. The standard InChI is InChI=1S/C14H14F3NO4/c15-14(16,17)13(11(19)20)6-10(13)7-18-12(21)22-8-9-4-2-1-3-5-9/h1-5,10H,6-8H2,(H,18,21)(H,19,20). The van der Waals surface area contributed by atoms with Crippen molar-refractivity contribution in [1.29, 1.82) is 0 Å². The lowest BCUT2D eigenvalue weighted by atomic mass is 10.0. The van der Waals surface area contributed by atoms with Crippen molar-refractivity contribution >= 4 is 12.1 Å². The Hall–Kier alpha value is -2.25. The summed E-state index contributed by atoms with van der Waals surface area (Å²) in [5.41, 5.74) is -2.01. The lowest BCUT2D eigenvalue weighted by Crippen LogP contribution is -2.37. The molecule has 1 aliphatic carbocycles. The highest BCUT2D eigenvalue weighted by Crippen LogP contribution is 2.62. The number of ether oxygens (including phenoxy) is 1. The lowest BCUT2D eigenvalue weighted by molar-refractivity contribution is -0.206. The average Bonchev–Trinajstić information content (AvgIpc) is 3.20. The Balaban J connectivity index is 1.79. The summed E-state index contributed by atoms with van der Waals surface area (Å²) >= 11 is 0. The lowest BCUT2D eigenvalue weighted by Gasteiger charge is -2.16. The molecule has 2 N–H and O–H groups in total. The van der Waals surface area contributed by atoms with E-state index < -0.39 is 36.0 Å². The zero-order valence-electron chi connectivity index (χ0n) is 11.4. The summed E-state index contributed by atoms with van der Waals surface area (Å²) in [7, 11) is 0. The van der Waals surface area contributed by atoms with Crippen molar-refractivity contribution in [3.63, 3.8) is 0 Å². The van der Waals surface area contributed by atoms with E-state index in [0.29, 0.717) is 0 Å². The normalized spacial score (nSPS) is 23.7. The summed E-state index contributed by atoms with van der Waals surface area (Å²) in [5.74, 6) is -3.08. The van der Waals surface area contributed by atoms with Crippen molar-refractivity contribution in [1.82, 2.24) is 5.32 Å². The van der Waals surface area contributed by atoms with E-state index in [4.69, 9.17) is 9.84 Å². The van der Waals surface area contributed by atoms with Crippen LogP contribution in [0.3, 0.4) is 0 Å². The van der Waals surface area contributed by atoms with Gasteiger partial charge in [0.15, 0.2) is 5.41 Å². The van der Waals surface area contributed by atoms with Crippen LogP contribution < -0.4 is 5.32 Å². The second kappa shape index (κ2) is 5.86. The summed E-state index contributed by atoms with van der Waals surface area (Å²) < 4.78 is 43.1. The molecule has 2 atom stereocenters. The molecular weight excluding hydrogens is 303 g/mol. The van der Waals surface area contributed by atoms with E-state index in [1.165, 1.54) is 0 Å². The summed E-state index contributed by atoms with van der Waals surface area (Å²) in [6.45, 7) is -0.403. The number of hydrogen-bond acceptors (Lipinski definition) is 3. The average molecular weight is 317 g/mol. The third-order valence-corrected chi connectivity index (χ3v) is 3.70. The van der Waals surface area contributed by atoms with Crippen LogP contribution in [0.5, 0.6) is 0 Å². The number of alkyl carbamates (subject to hydrolysis) is 1. The monoisotopic (exact) mass is 317 g/mol. The van der Waals surface area contributed by atoms with Gasteiger partial charge in [-0.3, -0.25) is 4.79 Å². The fourth-order valence-corrected chi connectivity index (χ4v) is 2.29. The molecule has 5 nitrogen and oxygen atoms in total. The second-order valence-electron chi connectivity index (χ2n) is 5.12. The Morgan fingerprint density at radius 1 is 1.32 bits per heavy atom. The third-order valence-electron chi connectivity index (χ3n) is 3.70. The quantitative estimate of drug-likeness (QED) is 0.875. The molecule has 0 bridgehead atoms. The number of carbonyl (C=O) groups is 2. The first-order chi connectivity index (χ1) is 10.3. The summed E-state index contributed by atoms with van der Waals surface area (Å²) in [6.07, 6.45) is -6.25. The van der Waals surface area contributed by atoms with Crippen LogP contribution in [0.1, 0.15) is 12.0 Å². The Morgan fingerprint density at radius 2 is 1.95 bits per heavy atom. The SMILES string of the molecule is O=C(NCC1CC1(C(=O)O)C(F)(F)F)OCc1ccccc1. The number of carbonyl (C=O) groups excluding carboxylic acids is 1. The molecule has 1 aliphatic rings. The highest BCUT2D eigenvalue weighted by molar-refractivity contribution is 5.80. The molecule has 1 aromatic rings. The van der Waals surface area contributed by atoms with Gasteiger partial charge < -0.3 is 15.2 Å². The number of benzene rings is 1. The summed E-state index contributed by atoms with van der Waals surface area (Å²) in [5, 5.41) is 10.9. The van der Waals surface area contributed by atoms with Crippen LogP contribution in [0, 0.1) is 11.3 Å². The maximum absolute atomic E-state index is 12.8. The molecule has 0 spiro atoms. The Kier molecular flexibility index (Phi) is 4.30. The van der Waals surface area contributed by atoms with E-state index in [-0.39, 0.29) is 13.2 Å². The molecule has 8 heteroatoms. The second-order valence-corrected chi connectivity index (χ2v) is 5.12. The van der Waals surface area contributed by atoms with Gasteiger partial charge in [-0.25, -0.2) is 4.79 Å². The van der Waals surface area contributed by atoms with E-state index in [2.05, 4.69) is 5.32 Å². The topological polar surface area (TPSA) is 75.6 Å². The van der Waals surface area contributed by atoms with Crippen LogP contribution in [-0.2, 0) is 16.1 Å². The maximum atomic E-state index is 12.8. The first-order valence-corrected chi connectivity index (χ1v) is 6.52. The number of hydrogen-bond donors (Lipinski definition) is 2. The summed E-state index contributed by atoms with van der Waals surface area (Å²) in [6, 6.07) is 8.76. The smallest absolute Gasteiger partial charge is 0.407 e. The van der Waals surface area contributed by atoms with Crippen molar-refractivity contribution in [2.24, 2.45) is 11.3 Å². The number of aliphatic carboxylic acids is 1. The van der Waals surface area contributed by atoms with Crippen molar-refractivity contribution in [3.8, 4) is 0 Å². The maximum Gasteiger partial charge on any atom is 0.407 e. The molecule has 0 heterocycles. The molecule has 1 aromatic carbocycles. The zero-order chi connectivity index (χ0) is 16.4. The van der Waals surface area contributed by atoms with Crippen LogP contribution in [0.2, 0.25) is 0 Å². The number of rotatable bonds is 5. The minimum Gasteiger partial charge on any atom is -0.481 e. The molecule has 1 fully saturated rings. The van der Waals surface area contributed by atoms with Gasteiger partial charge in [0.05, 0.1) is 0 Å². The molecular formula is C14H14F3NO4. The van der Waals surface area contributed by atoms with Gasteiger partial charge in [-0.1, -0.05) is 30.3 Å². The largest absolute Gasteiger partial charge is 0.481 e. The van der Waals surface area contributed by atoms with E-state index in [0.717, 1.165) is 5.56 Å². The molecule has 22 heavy (non-hydrogen) atoms. The molecule has 0 aromatic heterocycles. The van der Waals surface area contributed by atoms with Gasteiger partial charge in [0.1, 0.15) is 6.61 Å². The van der Waals surface area contributed by atoms with Crippen LogP contribution in [-0.4, -0.2) is 29.9 Å². The number of nitrogens with one attached hydrogen (secondary N) is 1. The molecule has 0 radical (unpaired) electrons. The number of carboxylic acid groups (broad SMARTS) is 1. The van der Waals surface area contributed by atoms with Crippen LogP contribution >= 0.6 is 0 Å². The van der Waals surface area contributed by atoms with E-state index in [1.54, 1.807) is 30.3 Å². The van der Waals surface area contributed by atoms with E-state index in [1.807, 2.05) is 0 Å². The predicted octanol–water partition coefficient (Wildman–Crippen LogP) is 2.57. The molecule has 0 aliphatic heterocycles. The van der Waals surface area contributed by atoms with Gasteiger partial charge in [0.2, 0.25) is 0 Å². The molecule has 0 saturated heterocycles. The van der Waals surface area contributed by atoms with E-state index >= 15 is 0 Å². The highest BCUT2D eigenvalue weighted by Gasteiger charge is 2.75. The van der Waals surface area contributed by atoms with Crippen LogP contribution in [0.25, 0.3) is 0 Å². The number of halogens is 3. The van der Waals surface area contributed by atoms with Crippen molar-refractivity contribution in [2.45, 2.75) is 19.2 Å². The Bertz CT molecular complexity index is 561. The van der Waals surface area contributed by atoms with Gasteiger partial charge in [-0.15, -0.1) is 0 Å². The Labute approximate surface area is 124 Å². The van der Waals surface area contributed by atoms with Crippen LogP contribution in [0.15, 0.2) is 30.3 Å². The fourth-order valence-electron chi connectivity index (χ4n) is 2.29. The van der Waals surface area contributed by atoms with Gasteiger partial charge >= 0.3 is 18.2 Å². The van der Waals surface area contributed by atoms with Gasteiger partial charge in [0.25, 0.3) is 0 Å². The van der Waals surface area contributed by atoms with Crippen molar-refractivity contribution in [2.75, 3.05) is 6.54 Å². The Morgan fingerprint density at radius 3 is 2.45 bits per heavy atom. The molecule has 2 unspecified atom stereocenters. The van der Waals surface area contributed by atoms with E-state index in [9.17, 15) is 22.8 Å². The summed E-state index contributed by atoms with van der Waals surface area (Å²) in [4.78, 5) is 22.2. The minimum absolute atomic E-state index is 0.0132. The first kappa shape index (κ1) is 16.1. The number of amides is 1. The number of carboxylic acids is 1. The molecule has 1 saturated carbocycles. The molecule has 120 valence electrons. The van der Waals surface area contributed by atoms with Gasteiger partial charge in [-0.2, -0.15) is 13.2 Å². The third kappa shape index (κ3) is 3.15. The van der Waals surface area contributed by atoms with Crippen molar-refractivity contribution in [3.05, 3.63) is 35.9 Å².